The summed E-state index contributed by atoms with van der Waals surface area (Å²) >= 11 is 0. The molecule has 4 heteroatoms. The summed E-state index contributed by atoms with van der Waals surface area (Å²) in [6.45, 7) is 1.86. The number of phenolic OH excluding ortho intramolecular Hbond substituents is 1. The second kappa shape index (κ2) is 4.79. The van der Waals surface area contributed by atoms with E-state index in [9.17, 15) is 9.90 Å². The van der Waals surface area contributed by atoms with Crippen molar-refractivity contribution in [2.75, 3.05) is 11.9 Å². The topological polar surface area (TPSA) is 66.6 Å². The molecular formula is C11H16N2O2. The number of nitrogens with zero attached hydrogens (tertiary/aromatic N) is 1. The first-order chi connectivity index (χ1) is 7.06. The summed E-state index contributed by atoms with van der Waals surface area (Å²) < 4.78 is 0. The quantitative estimate of drug-likeness (QED) is 0.781. The predicted octanol–water partition coefficient (Wildman–Crippen LogP) is 1.09. The number of benzene rings is 1. The van der Waals surface area contributed by atoms with E-state index in [1.807, 2.05) is 6.92 Å². The number of likely N-dealkylation sites (N-methyl/N-ethyl adjacent to an activating group) is 1. The highest BCUT2D eigenvalue weighted by atomic mass is 16.3. The Morgan fingerprint density at radius 1 is 1.60 bits per heavy atom. The lowest BCUT2D eigenvalue weighted by atomic mass is 10.2. The molecule has 0 unspecified atom stereocenters. The number of anilines is 1. The van der Waals surface area contributed by atoms with E-state index >= 15 is 0 Å². The van der Waals surface area contributed by atoms with Crippen LogP contribution in [0, 0.1) is 0 Å². The van der Waals surface area contributed by atoms with Crippen molar-refractivity contribution in [2.45, 2.75) is 19.4 Å². The van der Waals surface area contributed by atoms with Gasteiger partial charge in [0.2, 0.25) is 5.91 Å². The molecule has 1 aromatic carbocycles. The molecule has 1 atom stereocenters. The largest absolute Gasteiger partial charge is 0.508 e. The molecule has 0 saturated carbocycles. The number of rotatable bonds is 3. The van der Waals surface area contributed by atoms with Gasteiger partial charge in [0.1, 0.15) is 5.75 Å². The van der Waals surface area contributed by atoms with Gasteiger partial charge in [-0.05, 0) is 18.6 Å². The zero-order valence-corrected chi connectivity index (χ0v) is 8.97. The van der Waals surface area contributed by atoms with Crippen LogP contribution in [0.2, 0.25) is 0 Å². The minimum atomic E-state index is -0.489. The lowest BCUT2D eigenvalue weighted by molar-refractivity contribution is -0.119. The predicted molar refractivity (Wildman–Crippen MR) is 59.8 cm³/mol. The molecule has 1 rings (SSSR count). The Morgan fingerprint density at radius 2 is 2.27 bits per heavy atom. The molecule has 82 valence electrons. The first-order valence-corrected chi connectivity index (χ1v) is 4.88. The van der Waals surface area contributed by atoms with Crippen molar-refractivity contribution in [3.05, 3.63) is 24.3 Å². The Kier molecular flexibility index (Phi) is 3.68. The second-order valence-corrected chi connectivity index (χ2v) is 3.43. The normalized spacial score (nSPS) is 12.2. The molecular weight excluding hydrogens is 192 g/mol. The van der Waals surface area contributed by atoms with Crippen LogP contribution in [0.4, 0.5) is 5.69 Å². The van der Waals surface area contributed by atoms with Gasteiger partial charge in [0.15, 0.2) is 0 Å². The summed E-state index contributed by atoms with van der Waals surface area (Å²) in [7, 11) is 1.65. The maximum atomic E-state index is 11.7. The van der Waals surface area contributed by atoms with Crippen LogP contribution in [0.3, 0.4) is 0 Å². The Labute approximate surface area is 89.3 Å². The number of carbonyl (C=O) groups is 1. The van der Waals surface area contributed by atoms with Crippen molar-refractivity contribution in [1.29, 1.82) is 0 Å². The van der Waals surface area contributed by atoms with Gasteiger partial charge < -0.3 is 15.7 Å². The van der Waals surface area contributed by atoms with Crippen LogP contribution in [-0.4, -0.2) is 24.1 Å². The van der Waals surface area contributed by atoms with Crippen LogP contribution < -0.4 is 10.6 Å². The monoisotopic (exact) mass is 208 g/mol. The van der Waals surface area contributed by atoms with Crippen molar-refractivity contribution < 1.29 is 9.90 Å². The number of amides is 1. The third-order valence-electron chi connectivity index (χ3n) is 2.30. The molecule has 4 nitrogen and oxygen atoms in total. The number of hydrogen-bond acceptors (Lipinski definition) is 3. The van der Waals surface area contributed by atoms with E-state index in [0.29, 0.717) is 12.1 Å². The minimum Gasteiger partial charge on any atom is -0.508 e. The Hall–Kier alpha value is -1.55. The van der Waals surface area contributed by atoms with Crippen LogP contribution in [0.15, 0.2) is 24.3 Å². The van der Waals surface area contributed by atoms with Crippen molar-refractivity contribution in [3.63, 3.8) is 0 Å². The summed E-state index contributed by atoms with van der Waals surface area (Å²) in [5.41, 5.74) is 6.28. The van der Waals surface area contributed by atoms with Crippen LogP contribution in [0.1, 0.15) is 13.3 Å². The SMILES string of the molecule is CC[C@H](N)C(=O)N(C)c1cccc(O)c1. The van der Waals surface area contributed by atoms with Gasteiger partial charge in [0.05, 0.1) is 6.04 Å². The van der Waals surface area contributed by atoms with Gasteiger partial charge in [-0.2, -0.15) is 0 Å². The molecule has 0 fully saturated rings. The highest BCUT2D eigenvalue weighted by Crippen LogP contribution is 2.19. The standard InChI is InChI=1S/C11H16N2O2/c1-3-10(12)11(15)13(2)8-5-4-6-9(14)7-8/h4-7,10,14H,3,12H2,1-2H3/t10-/m0/s1. The average Bonchev–Trinajstić information content (AvgIpc) is 2.26. The zero-order valence-electron chi connectivity index (χ0n) is 8.97. The molecule has 0 aromatic heterocycles. The molecule has 0 bridgehead atoms. The fourth-order valence-electron chi connectivity index (χ4n) is 1.25. The minimum absolute atomic E-state index is 0.136. The van der Waals surface area contributed by atoms with Crippen molar-refractivity contribution in [2.24, 2.45) is 5.73 Å². The summed E-state index contributed by atoms with van der Waals surface area (Å²) in [6.07, 6.45) is 0.599. The molecule has 3 N–H and O–H groups in total. The number of aromatic hydroxyl groups is 1. The van der Waals surface area contributed by atoms with Gasteiger partial charge >= 0.3 is 0 Å². The summed E-state index contributed by atoms with van der Waals surface area (Å²) in [5, 5.41) is 9.27. The van der Waals surface area contributed by atoms with Gasteiger partial charge in [-0.3, -0.25) is 4.79 Å². The zero-order chi connectivity index (χ0) is 11.4. The molecule has 0 aliphatic rings. The summed E-state index contributed by atoms with van der Waals surface area (Å²) in [6, 6.07) is 6.03. The van der Waals surface area contributed by atoms with Crippen molar-refractivity contribution >= 4 is 11.6 Å². The van der Waals surface area contributed by atoms with Gasteiger partial charge in [-0.25, -0.2) is 0 Å². The van der Waals surface area contributed by atoms with Gasteiger partial charge in [-0.15, -0.1) is 0 Å². The smallest absolute Gasteiger partial charge is 0.243 e. The Balaban J connectivity index is 2.85. The molecule has 0 aliphatic heterocycles. The number of hydrogen-bond donors (Lipinski definition) is 2. The maximum Gasteiger partial charge on any atom is 0.243 e. The van der Waals surface area contributed by atoms with E-state index in [2.05, 4.69) is 0 Å². The number of phenols is 1. The average molecular weight is 208 g/mol. The molecule has 0 saturated heterocycles. The second-order valence-electron chi connectivity index (χ2n) is 3.43. The number of nitrogens with two attached hydrogens (primary N) is 1. The summed E-state index contributed by atoms with van der Waals surface area (Å²) in [5.74, 6) is -0.0136. The molecule has 15 heavy (non-hydrogen) atoms. The molecule has 0 radical (unpaired) electrons. The Bertz CT molecular complexity index is 352. The Morgan fingerprint density at radius 3 is 2.80 bits per heavy atom. The first-order valence-electron chi connectivity index (χ1n) is 4.88. The van der Waals surface area contributed by atoms with E-state index < -0.39 is 6.04 Å². The molecule has 1 aromatic rings. The molecule has 0 spiro atoms. The van der Waals surface area contributed by atoms with Gasteiger partial charge in [0.25, 0.3) is 0 Å². The van der Waals surface area contributed by atoms with Crippen LogP contribution in [0.5, 0.6) is 5.75 Å². The highest BCUT2D eigenvalue weighted by Gasteiger charge is 2.17. The molecule has 0 aliphatic carbocycles. The van der Waals surface area contributed by atoms with Crippen molar-refractivity contribution in [1.82, 2.24) is 0 Å². The van der Waals surface area contributed by atoms with E-state index in [1.54, 1.807) is 25.2 Å². The third kappa shape index (κ3) is 2.70. The lowest BCUT2D eigenvalue weighted by Crippen LogP contribution is -2.41. The van der Waals surface area contributed by atoms with Crippen LogP contribution in [0.25, 0.3) is 0 Å². The lowest BCUT2D eigenvalue weighted by Gasteiger charge is -2.20. The van der Waals surface area contributed by atoms with E-state index in [0.717, 1.165) is 0 Å². The first kappa shape index (κ1) is 11.5. The fraction of sp³-hybridized carbons (Fsp3) is 0.364. The summed E-state index contributed by atoms with van der Waals surface area (Å²) in [4.78, 5) is 13.2. The van der Waals surface area contributed by atoms with Gasteiger partial charge in [0, 0.05) is 18.8 Å². The molecule has 0 heterocycles. The van der Waals surface area contributed by atoms with Gasteiger partial charge in [-0.1, -0.05) is 13.0 Å². The van der Waals surface area contributed by atoms with Crippen LogP contribution in [-0.2, 0) is 4.79 Å². The number of carbonyl (C=O) groups excluding carboxylic acids is 1. The van der Waals surface area contributed by atoms with Crippen LogP contribution >= 0.6 is 0 Å². The van der Waals surface area contributed by atoms with E-state index in [-0.39, 0.29) is 11.7 Å². The van der Waals surface area contributed by atoms with E-state index in [1.165, 1.54) is 11.0 Å². The van der Waals surface area contributed by atoms with Crippen molar-refractivity contribution in [3.8, 4) is 5.75 Å². The third-order valence-corrected chi connectivity index (χ3v) is 2.30. The fourth-order valence-corrected chi connectivity index (χ4v) is 1.25. The maximum absolute atomic E-state index is 11.7. The molecule has 1 amide bonds. The van der Waals surface area contributed by atoms with E-state index in [4.69, 9.17) is 5.73 Å². The highest BCUT2D eigenvalue weighted by molar-refractivity contribution is 5.96.